The number of esters is 1. The van der Waals surface area contributed by atoms with E-state index in [0.29, 0.717) is 0 Å². The van der Waals surface area contributed by atoms with E-state index in [-0.39, 0.29) is 40.4 Å². The molecule has 0 fully saturated rings. The molecule has 0 spiro atoms. The number of carbonyl (C=O) groups is 2. The molecule has 0 aromatic heterocycles. The van der Waals surface area contributed by atoms with Crippen LogP contribution in [0.2, 0.25) is 0 Å². The fraction of sp³-hybridized carbons (Fsp3) is 0.368. The molecule has 2 aliphatic heterocycles. The number of rotatable bonds is 3. The van der Waals surface area contributed by atoms with Gasteiger partial charge in [-0.2, -0.15) is 21.6 Å². The fourth-order valence-electron chi connectivity index (χ4n) is 3.14. The molecule has 0 radical (unpaired) electrons. The molecule has 0 bridgehead atoms. The molecule has 4 rings (SSSR count). The summed E-state index contributed by atoms with van der Waals surface area (Å²) in [7, 11) is -6.17. The van der Waals surface area contributed by atoms with E-state index in [2.05, 4.69) is 4.18 Å². The molecule has 178 valence electrons. The molecule has 0 unspecified atom stereocenters. The maximum absolute atomic E-state index is 13.0. The molecule has 2 aromatic carbocycles. The van der Waals surface area contributed by atoms with Gasteiger partial charge in [-0.15, -0.1) is 0 Å². The Kier molecular flexibility index (Phi) is 5.03. The van der Waals surface area contributed by atoms with Crippen LogP contribution in [0.4, 0.5) is 18.0 Å². The number of carbonyl (C=O) groups excluding carboxylic acids is 2. The lowest BCUT2D eigenvalue weighted by atomic mass is 9.98. The van der Waals surface area contributed by atoms with Crippen molar-refractivity contribution in [1.29, 1.82) is 0 Å². The van der Waals surface area contributed by atoms with Crippen LogP contribution < -0.4 is 18.4 Å². The summed E-state index contributed by atoms with van der Waals surface area (Å²) < 4.78 is 92.7. The highest BCUT2D eigenvalue weighted by molar-refractivity contribution is 7.88. The van der Waals surface area contributed by atoms with Crippen LogP contribution in [0.15, 0.2) is 12.1 Å². The van der Waals surface area contributed by atoms with Crippen molar-refractivity contribution in [3.63, 3.8) is 0 Å². The van der Waals surface area contributed by atoms with Gasteiger partial charge in [-0.25, -0.2) is 9.59 Å². The van der Waals surface area contributed by atoms with E-state index in [1.807, 2.05) is 0 Å². The van der Waals surface area contributed by atoms with Crippen molar-refractivity contribution >= 4 is 33.0 Å². The number of fused-ring (bicyclic) bond motifs is 3. The van der Waals surface area contributed by atoms with E-state index in [0.717, 1.165) is 6.07 Å². The zero-order chi connectivity index (χ0) is 24.3. The lowest BCUT2D eigenvalue weighted by molar-refractivity contribution is -0.0500. The third-order valence-corrected chi connectivity index (χ3v) is 5.36. The molecule has 2 aromatic rings. The second kappa shape index (κ2) is 7.30. The van der Waals surface area contributed by atoms with Crippen LogP contribution in [-0.4, -0.2) is 38.4 Å². The van der Waals surface area contributed by atoms with E-state index in [4.69, 9.17) is 23.7 Å². The third kappa shape index (κ3) is 4.05. The topological polar surface area (TPSA) is 124 Å². The van der Waals surface area contributed by atoms with Crippen LogP contribution in [0.5, 0.6) is 23.0 Å². The highest BCUT2D eigenvalue weighted by atomic mass is 32.2. The van der Waals surface area contributed by atoms with Gasteiger partial charge in [0.15, 0.2) is 17.2 Å². The largest absolute Gasteiger partial charge is 0.534 e. The summed E-state index contributed by atoms with van der Waals surface area (Å²) >= 11 is 0. The van der Waals surface area contributed by atoms with Gasteiger partial charge in [-0.1, -0.05) is 0 Å². The maximum atomic E-state index is 13.0. The molecule has 0 atom stereocenters. The summed E-state index contributed by atoms with van der Waals surface area (Å²) in [5, 5.41) is -0.433. The zero-order valence-corrected chi connectivity index (χ0v) is 18.0. The molecule has 2 heterocycles. The Morgan fingerprint density at radius 3 is 2.12 bits per heavy atom. The van der Waals surface area contributed by atoms with Crippen molar-refractivity contribution in [2.75, 3.05) is 6.79 Å². The average Bonchev–Trinajstić information content (AvgIpc) is 3.26. The van der Waals surface area contributed by atoms with E-state index < -0.39 is 51.3 Å². The summed E-state index contributed by atoms with van der Waals surface area (Å²) in [5.41, 5.74) is -7.58. The number of hydrogen-bond donors (Lipinski definition) is 0. The van der Waals surface area contributed by atoms with Gasteiger partial charge in [0.1, 0.15) is 23.5 Å². The Balaban J connectivity index is 1.99. The monoisotopic (exact) mass is 492 g/mol. The first-order valence-electron chi connectivity index (χ1n) is 9.19. The highest BCUT2D eigenvalue weighted by Crippen LogP contribution is 2.49. The smallest absolute Gasteiger partial charge is 0.457 e. The van der Waals surface area contributed by atoms with Gasteiger partial charge < -0.3 is 27.9 Å². The van der Waals surface area contributed by atoms with Crippen LogP contribution >= 0.6 is 0 Å². The van der Waals surface area contributed by atoms with Crippen LogP contribution in [0.1, 0.15) is 36.7 Å². The molecule has 2 aliphatic rings. The minimum absolute atomic E-state index is 0.0336. The summed E-state index contributed by atoms with van der Waals surface area (Å²) in [6.45, 7) is 3.95. The molecule has 0 amide bonds. The predicted octanol–water partition coefficient (Wildman–Crippen LogP) is 3.78. The van der Waals surface area contributed by atoms with Crippen molar-refractivity contribution < 1.29 is 59.0 Å². The zero-order valence-electron chi connectivity index (χ0n) is 17.2. The fourth-order valence-corrected chi connectivity index (χ4v) is 3.63. The molecule has 0 N–H and O–H groups in total. The van der Waals surface area contributed by atoms with Crippen LogP contribution in [0.25, 0.3) is 10.8 Å². The van der Waals surface area contributed by atoms with E-state index >= 15 is 0 Å². The van der Waals surface area contributed by atoms with Crippen LogP contribution in [0.3, 0.4) is 0 Å². The first-order chi connectivity index (χ1) is 15.2. The first-order valence-corrected chi connectivity index (χ1v) is 10.6. The maximum Gasteiger partial charge on any atom is 0.534 e. The number of cyclic esters (lactones) is 1. The Labute approximate surface area is 184 Å². The van der Waals surface area contributed by atoms with Crippen molar-refractivity contribution in [3.05, 3.63) is 23.3 Å². The van der Waals surface area contributed by atoms with Gasteiger partial charge in [-0.3, -0.25) is 0 Å². The van der Waals surface area contributed by atoms with E-state index in [1.165, 1.54) is 6.07 Å². The van der Waals surface area contributed by atoms with Gasteiger partial charge in [0, 0.05) is 10.8 Å². The Morgan fingerprint density at radius 2 is 1.58 bits per heavy atom. The summed E-state index contributed by atoms with van der Waals surface area (Å²) in [6, 6.07) is 2.35. The predicted molar refractivity (Wildman–Crippen MR) is 102 cm³/mol. The second-order valence-corrected chi connectivity index (χ2v) is 9.43. The van der Waals surface area contributed by atoms with Crippen molar-refractivity contribution in [2.45, 2.75) is 38.5 Å². The summed E-state index contributed by atoms with van der Waals surface area (Å²) in [4.78, 5) is 24.7. The number of alkyl halides is 3. The minimum Gasteiger partial charge on any atom is -0.457 e. The molecule has 0 saturated carbocycles. The second-order valence-electron chi connectivity index (χ2n) is 7.89. The number of benzene rings is 2. The SMILES string of the molecule is CC(C)(C)OC(=O)Oc1c2c(c(OS(=O)(=O)C(F)(F)F)c3cc4c(cc13)OCO4)C(=O)OC2. The van der Waals surface area contributed by atoms with Crippen molar-refractivity contribution in [2.24, 2.45) is 0 Å². The molecule has 0 aliphatic carbocycles. The first kappa shape index (κ1) is 22.8. The number of ether oxygens (including phenoxy) is 5. The Hall–Kier alpha value is -3.42. The summed E-state index contributed by atoms with van der Waals surface area (Å²) in [6.07, 6.45) is -1.18. The van der Waals surface area contributed by atoms with Gasteiger partial charge in [-0.05, 0) is 32.9 Å². The standard InChI is InChI=1S/C19H15F3O10S/c1-18(2,3)31-17(24)30-14-8-4-11-12(29-7-28-11)5-9(8)15(13-10(14)6-27-16(13)23)32-33(25,26)19(20,21)22/h4-5H,6-7H2,1-3H3. The Morgan fingerprint density at radius 1 is 1.00 bits per heavy atom. The lowest BCUT2D eigenvalue weighted by Crippen LogP contribution is -2.29. The molecule has 10 nitrogen and oxygen atoms in total. The molecule has 33 heavy (non-hydrogen) atoms. The van der Waals surface area contributed by atoms with Gasteiger partial charge >= 0.3 is 27.8 Å². The normalized spacial score (nSPS) is 15.3. The van der Waals surface area contributed by atoms with Gasteiger partial charge in [0.2, 0.25) is 6.79 Å². The lowest BCUT2D eigenvalue weighted by Gasteiger charge is -2.21. The van der Waals surface area contributed by atoms with Crippen molar-refractivity contribution in [1.82, 2.24) is 0 Å². The molecular formula is C19H15F3O10S. The quantitative estimate of drug-likeness (QED) is 0.271. The summed E-state index contributed by atoms with van der Waals surface area (Å²) in [5.74, 6) is -2.26. The van der Waals surface area contributed by atoms with E-state index in [9.17, 15) is 31.2 Å². The molecule has 0 saturated heterocycles. The van der Waals surface area contributed by atoms with Crippen LogP contribution in [-0.2, 0) is 26.2 Å². The van der Waals surface area contributed by atoms with Crippen LogP contribution in [0, 0.1) is 0 Å². The third-order valence-electron chi connectivity index (χ3n) is 4.41. The van der Waals surface area contributed by atoms with Crippen molar-refractivity contribution in [3.8, 4) is 23.0 Å². The van der Waals surface area contributed by atoms with E-state index in [1.54, 1.807) is 20.8 Å². The van der Waals surface area contributed by atoms with Gasteiger partial charge in [0.05, 0.1) is 5.56 Å². The van der Waals surface area contributed by atoms with Gasteiger partial charge in [0.25, 0.3) is 0 Å². The molecule has 14 heteroatoms. The molecular weight excluding hydrogens is 477 g/mol. The average molecular weight is 492 g/mol. The minimum atomic E-state index is -6.17. The highest BCUT2D eigenvalue weighted by Gasteiger charge is 2.50. The number of hydrogen-bond acceptors (Lipinski definition) is 10. The Bertz CT molecular complexity index is 1290. The number of halogens is 3.